The molecule has 0 fully saturated rings. The molecule has 0 radical (unpaired) electrons. The molecule has 4 rings (SSSR count). The number of fused-ring (bicyclic) bond motifs is 3. The number of ether oxygens (including phenoxy) is 1. The van der Waals surface area contributed by atoms with E-state index in [0.29, 0.717) is 23.3 Å². The standard InChI is InChI=1S/C29H33FN2O5/c1-2-3-4-5-14-25(34)32(18-19-10-6-8-12-22(19)30)23-17-21(29(36)31-15-16-33)26-20-11-7-9-13-24(20)37-28(26)27(23)35/h2,6-13,17,23,26-28,33,35H,1,3-5,14-16,18H2,(H,31,36)/t23-,26+,27+,28+/m1/s1. The van der Waals surface area contributed by atoms with E-state index in [1.54, 1.807) is 36.4 Å². The van der Waals surface area contributed by atoms with E-state index in [0.717, 1.165) is 18.4 Å². The van der Waals surface area contributed by atoms with Crippen molar-refractivity contribution >= 4 is 11.8 Å². The SMILES string of the molecule is C=CCCCCC(=O)N(Cc1ccccc1F)[C@@H]1C=C(C(=O)NCCO)[C@@H]2c3ccccc3O[C@@H]2[C@H]1O. The lowest BCUT2D eigenvalue weighted by Gasteiger charge is -2.41. The highest BCUT2D eigenvalue weighted by Crippen LogP contribution is 2.47. The number of aliphatic hydroxyl groups is 2. The van der Waals surface area contributed by atoms with Crippen LogP contribution in [0.5, 0.6) is 5.75 Å². The van der Waals surface area contributed by atoms with Gasteiger partial charge in [0, 0.05) is 36.2 Å². The molecule has 37 heavy (non-hydrogen) atoms. The maximum atomic E-state index is 14.6. The molecule has 0 saturated heterocycles. The van der Waals surface area contributed by atoms with E-state index in [-0.39, 0.29) is 32.0 Å². The third-order valence-electron chi connectivity index (χ3n) is 6.90. The van der Waals surface area contributed by atoms with Crippen LogP contribution in [0.15, 0.2) is 72.8 Å². The number of hydrogen-bond donors (Lipinski definition) is 3. The molecule has 1 aliphatic carbocycles. The van der Waals surface area contributed by atoms with Crippen molar-refractivity contribution in [3.05, 3.63) is 89.8 Å². The Balaban J connectivity index is 1.72. The lowest BCUT2D eigenvalue weighted by molar-refractivity contribution is -0.138. The summed E-state index contributed by atoms with van der Waals surface area (Å²) in [7, 11) is 0. The van der Waals surface area contributed by atoms with Gasteiger partial charge in [-0.2, -0.15) is 0 Å². The first-order chi connectivity index (χ1) is 18.0. The van der Waals surface area contributed by atoms with Crippen molar-refractivity contribution in [2.45, 2.75) is 56.4 Å². The van der Waals surface area contributed by atoms with Gasteiger partial charge in [-0.3, -0.25) is 9.59 Å². The van der Waals surface area contributed by atoms with Crippen LogP contribution >= 0.6 is 0 Å². The Morgan fingerprint density at radius 1 is 1.14 bits per heavy atom. The Kier molecular flexibility index (Phi) is 8.74. The first-order valence-electron chi connectivity index (χ1n) is 12.6. The molecule has 7 nitrogen and oxygen atoms in total. The number of allylic oxidation sites excluding steroid dienone is 1. The summed E-state index contributed by atoms with van der Waals surface area (Å²) in [5.41, 5.74) is 1.43. The predicted octanol–water partition coefficient (Wildman–Crippen LogP) is 3.22. The van der Waals surface area contributed by atoms with E-state index in [4.69, 9.17) is 4.74 Å². The van der Waals surface area contributed by atoms with Crippen LogP contribution in [0.1, 0.15) is 42.7 Å². The number of para-hydroxylation sites is 1. The molecule has 2 amide bonds. The molecule has 1 heterocycles. The van der Waals surface area contributed by atoms with Crippen molar-refractivity contribution < 1.29 is 28.9 Å². The summed E-state index contributed by atoms with van der Waals surface area (Å²) in [4.78, 5) is 28.1. The Hall–Kier alpha value is -3.49. The second kappa shape index (κ2) is 12.2. The van der Waals surface area contributed by atoms with Crippen molar-refractivity contribution in [1.82, 2.24) is 10.2 Å². The zero-order valence-corrected chi connectivity index (χ0v) is 20.7. The number of benzene rings is 2. The Bertz CT molecular complexity index is 1170. The van der Waals surface area contributed by atoms with Crippen molar-refractivity contribution in [1.29, 1.82) is 0 Å². The van der Waals surface area contributed by atoms with Crippen molar-refractivity contribution in [2.75, 3.05) is 13.2 Å². The van der Waals surface area contributed by atoms with Gasteiger partial charge in [-0.15, -0.1) is 6.58 Å². The van der Waals surface area contributed by atoms with Gasteiger partial charge in [0.15, 0.2) is 0 Å². The van der Waals surface area contributed by atoms with E-state index in [9.17, 15) is 24.2 Å². The van der Waals surface area contributed by atoms with E-state index in [1.807, 2.05) is 18.2 Å². The first kappa shape index (κ1) is 26.6. The van der Waals surface area contributed by atoms with Gasteiger partial charge in [-0.1, -0.05) is 42.5 Å². The third kappa shape index (κ3) is 5.76. The van der Waals surface area contributed by atoms with Gasteiger partial charge < -0.3 is 25.2 Å². The van der Waals surface area contributed by atoms with Gasteiger partial charge in [0.2, 0.25) is 11.8 Å². The predicted molar refractivity (Wildman–Crippen MR) is 137 cm³/mol. The zero-order chi connectivity index (χ0) is 26.4. The monoisotopic (exact) mass is 508 g/mol. The molecule has 8 heteroatoms. The fourth-order valence-electron chi connectivity index (χ4n) is 5.07. The minimum atomic E-state index is -1.16. The second-order valence-electron chi connectivity index (χ2n) is 9.33. The zero-order valence-electron chi connectivity index (χ0n) is 20.7. The minimum Gasteiger partial charge on any atom is -0.486 e. The fourth-order valence-corrected chi connectivity index (χ4v) is 5.07. The van der Waals surface area contributed by atoms with Crippen LogP contribution in [0.4, 0.5) is 4.39 Å². The van der Waals surface area contributed by atoms with Gasteiger partial charge in [-0.05, 0) is 37.5 Å². The number of amides is 2. The molecule has 4 atom stereocenters. The number of nitrogens with zero attached hydrogens (tertiary/aromatic N) is 1. The minimum absolute atomic E-state index is 0.0600. The Morgan fingerprint density at radius 3 is 2.65 bits per heavy atom. The number of halogens is 1. The number of aliphatic hydroxyl groups excluding tert-OH is 2. The molecule has 0 bridgehead atoms. The Morgan fingerprint density at radius 2 is 1.89 bits per heavy atom. The number of hydrogen-bond acceptors (Lipinski definition) is 5. The molecule has 0 aromatic heterocycles. The summed E-state index contributed by atoms with van der Waals surface area (Å²) in [5, 5.41) is 23.4. The number of carbonyl (C=O) groups is 2. The van der Waals surface area contributed by atoms with Gasteiger partial charge in [0.1, 0.15) is 23.8 Å². The van der Waals surface area contributed by atoms with Crippen LogP contribution in [-0.4, -0.2) is 58.3 Å². The lowest BCUT2D eigenvalue weighted by atomic mass is 9.77. The van der Waals surface area contributed by atoms with Crippen LogP contribution in [0, 0.1) is 5.82 Å². The highest BCUT2D eigenvalue weighted by atomic mass is 19.1. The quantitative estimate of drug-likeness (QED) is 0.320. The lowest BCUT2D eigenvalue weighted by Crippen LogP contribution is -2.55. The number of nitrogens with one attached hydrogen (secondary N) is 1. The van der Waals surface area contributed by atoms with Crippen molar-refractivity contribution in [3.8, 4) is 5.75 Å². The van der Waals surface area contributed by atoms with Crippen molar-refractivity contribution in [2.24, 2.45) is 0 Å². The second-order valence-corrected chi connectivity index (χ2v) is 9.33. The maximum Gasteiger partial charge on any atom is 0.247 e. The Labute approximate surface area is 216 Å². The van der Waals surface area contributed by atoms with E-state index < -0.39 is 35.9 Å². The molecule has 2 aromatic rings. The van der Waals surface area contributed by atoms with Crippen LogP contribution in [0.2, 0.25) is 0 Å². The van der Waals surface area contributed by atoms with Gasteiger partial charge in [0.25, 0.3) is 0 Å². The summed E-state index contributed by atoms with van der Waals surface area (Å²) in [6, 6.07) is 12.6. The van der Waals surface area contributed by atoms with Crippen LogP contribution in [0.25, 0.3) is 0 Å². The summed E-state index contributed by atoms with van der Waals surface area (Å²) < 4.78 is 20.7. The number of carbonyl (C=O) groups excluding carboxylic acids is 2. The summed E-state index contributed by atoms with van der Waals surface area (Å²) in [6.07, 6.45) is 3.81. The molecular formula is C29H33FN2O5. The molecule has 2 aromatic carbocycles. The molecule has 3 N–H and O–H groups in total. The van der Waals surface area contributed by atoms with Crippen LogP contribution < -0.4 is 10.1 Å². The molecule has 1 aliphatic heterocycles. The number of unbranched alkanes of at least 4 members (excludes halogenated alkanes) is 2. The largest absolute Gasteiger partial charge is 0.486 e. The average molecular weight is 509 g/mol. The first-order valence-corrected chi connectivity index (χ1v) is 12.6. The highest BCUT2D eigenvalue weighted by molar-refractivity contribution is 5.96. The topological polar surface area (TPSA) is 99.1 Å². The van der Waals surface area contributed by atoms with E-state index in [2.05, 4.69) is 11.9 Å². The molecule has 0 saturated carbocycles. The van der Waals surface area contributed by atoms with Crippen LogP contribution in [0.3, 0.4) is 0 Å². The molecular weight excluding hydrogens is 475 g/mol. The van der Waals surface area contributed by atoms with E-state index in [1.165, 1.54) is 11.0 Å². The summed E-state index contributed by atoms with van der Waals surface area (Å²) in [6.45, 7) is 3.47. The molecule has 0 unspecified atom stereocenters. The normalized spacial score (nSPS) is 21.8. The molecule has 0 spiro atoms. The fraction of sp³-hybridized carbons (Fsp3) is 0.379. The third-order valence-corrected chi connectivity index (χ3v) is 6.90. The van der Waals surface area contributed by atoms with Crippen molar-refractivity contribution in [3.63, 3.8) is 0 Å². The van der Waals surface area contributed by atoms with E-state index >= 15 is 0 Å². The summed E-state index contributed by atoms with van der Waals surface area (Å²) >= 11 is 0. The average Bonchev–Trinajstić information content (AvgIpc) is 3.30. The summed E-state index contributed by atoms with van der Waals surface area (Å²) in [5.74, 6) is -1.10. The van der Waals surface area contributed by atoms with Gasteiger partial charge in [0.05, 0.1) is 18.6 Å². The highest BCUT2D eigenvalue weighted by Gasteiger charge is 2.50. The maximum absolute atomic E-state index is 14.6. The van der Waals surface area contributed by atoms with Gasteiger partial charge in [-0.25, -0.2) is 4.39 Å². The smallest absolute Gasteiger partial charge is 0.247 e. The molecule has 196 valence electrons. The van der Waals surface area contributed by atoms with Crippen LogP contribution in [-0.2, 0) is 16.1 Å². The van der Waals surface area contributed by atoms with Gasteiger partial charge >= 0.3 is 0 Å². The molecule has 2 aliphatic rings. The number of rotatable bonds is 11.